The highest BCUT2D eigenvalue weighted by Gasteiger charge is 2.34. The number of aryl methyl sites for hydroxylation is 2. The van der Waals surface area contributed by atoms with E-state index in [4.69, 9.17) is 12.2 Å². The number of hydrogen-bond acceptors (Lipinski definition) is 4. The molecule has 2 amide bonds. The predicted molar refractivity (Wildman–Crippen MR) is 137 cm³/mol. The molecule has 8 heteroatoms. The van der Waals surface area contributed by atoms with Crippen molar-refractivity contribution < 1.29 is 9.59 Å². The Hall–Kier alpha value is -2.45. The van der Waals surface area contributed by atoms with Crippen molar-refractivity contribution in [1.29, 1.82) is 0 Å². The maximum Gasteiger partial charge on any atom is 0.254 e. The van der Waals surface area contributed by atoms with Crippen molar-refractivity contribution in [3.63, 3.8) is 0 Å². The molecular weight excluding hydrogens is 452 g/mol. The number of amides is 2. The second-order valence-corrected chi connectivity index (χ2v) is 11.0. The predicted octanol–water partition coefficient (Wildman–Crippen LogP) is 4.39. The van der Waals surface area contributed by atoms with Crippen LogP contribution in [0.25, 0.3) is 0 Å². The van der Waals surface area contributed by atoms with E-state index < -0.39 is 0 Å². The van der Waals surface area contributed by atoms with Crippen LogP contribution >= 0.6 is 23.6 Å². The molecule has 0 aliphatic heterocycles. The average Bonchev–Trinajstić information content (AvgIpc) is 3.70. The van der Waals surface area contributed by atoms with Gasteiger partial charge in [0.15, 0.2) is 5.11 Å². The second kappa shape index (κ2) is 9.43. The van der Waals surface area contributed by atoms with Gasteiger partial charge in [-0.05, 0) is 87.7 Å². The minimum absolute atomic E-state index is 0.0444. The molecule has 5 rings (SSSR count). The van der Waals surface area contributed by atoms with Gasteiger partial charge in [-0.15, -0.1) is 11.3 Å². The number of carbonyl (C=O) groups is 2. The number of fused-ring (bicyclic) bond motifs is 1. The number of rotatable bonds is 7. The van der Waals surface area contributed by atoms with Crippen molar-refractivity contribution >= 4 is 51.2 Å². The Balaban J connectivity index is 1.29. The number of anilines is 2. The molecule has 0 saturated heterocycles. The molecule has 4 N–H and O–H groups in total. The summed E-state index contributed by atoms with van der Waals surface area (Å²) in [6, 6.07) is 8.26. The number of carbonyl (C=O) groups excluding carboxylic acids is 2. The number of thiocarbonyl (C=S) groups is 1. The summed E-state index contributed by atoms with van der Waals surface area (Å²) in [5, 5.41) is 14.2. The van der Waals surface area contributed by atoms with Crippen molar-refractivity contribution in [3.05, 3.63) is 45.8 Å². The quantitative estimate of drug-likeness (QED) is 0.440. The molecule has 0 spiro atoms. The van der Waals surface area contributed by atoms with Gasteiger partial charge in [0.2, 0.25) is 5.91 Å². The lowest BCUT2D eigenvalue weighted by Crippen LogP contribution is -2.41. The zero-order valence-electron chi connectivity index (χ0n) is 18.8. The van der Waals surface area contributed by atoms with Gasteiger partial charge < -0.3 is 21.3 Å². The van der Waals surface area contributed by atoms with Crippen molar-refractivity contribution in [1.82, 2.24) is 10.6 Å². The van der Waals surface area contributed by atoms with E-state index in [2.05, 4.69) is 28.2 Å². The Bertz CT molecular complexity index is 1070. The second-order valence-electron chi connectivity index (χ2n) is 9.53. The standard InChI is InChI=1S/C25H30N4O2S2/c1-14-2-8-17(9-3-14)27-25(32)28-18-10-11-20-19(12-18)21(23(31)26-13-15-4-5-15)24(33-20)29-22(30)16-6-7-16/h2-3,8-9,15-16,18H,4-7,10-13H2,1H3,(H,26,31)(H,29,30)(H2,27,28,32). The van der Waals surface area contributed by atoms with E-state index in [1.54, 1.807) is 11.3 Å². The molecule has 1 aromatic carbocycles. The minimum atomic E-state index is -0.0634. The molecule has 0 radical (unpaired) electrons. The molecule has 1 unspecified atom stereocenters. The maximum absolute atomic E-state index is 13.2. The molecule has 2 fully saturated rings. The number of benzene rings is 1. The van der Waals surface area contributed by atoms with Gasteiger partial charge in [0.1, 0.15) is 5.00 Å². The average molecular weight is 483 g/mol. The number of hydrogen-bond donors (Lipinski definition) is 4. The van der Waals surface area contributed by atoms with Crippen molar-refractivity contribution in [2.75, 3.05) is 17.2 Å². The minimum Gasteiger partial charge on any atom is -0.359 e. The summed E-state index contributed by atoms with van der Waals surface area (Å²) >= 11 is 7.12. The third-order valence-electron chi connectivity index (χ3n) is 6.57. The molecule has 0 bridgehead atoms. The van der Waals surface area contributed by atoms with Crippen LogP contribution in [0.2, 0.25) is 0 Å². The van der Waals surface area contributed by atoms with E-state index >= 15 is 0 Å². The fraction of sp³-hybridized carbons (Fsp3) is 0.480. The highest BCUT2D eigenvalue weighted by Crippen LogP contribution is 2.40. The lowest BCUT2D eigenvalue weighted by Gasteiger charge is -2.25. The molecule has 33 heavy (non-hydrogen) atoms. The highest BCUT2D eigenvalue weighted by atomic mass is 32.1. The Morgan fingerprint density at radius 3 is 2.52 bits per heavy atom. The number of nitrogens with one attached hydrogen (secondary N) is 4. The van der Waals surface area contributed by atoms with Crippen LogP contribution in [0.15, 0.2) is 24.3 Å². The van der Waals surface area contributed by atoms with Gasteiger partial charge in [-0.1, -0.05) is 17.7 Å². The molecule has 2 saturated carbocycles. The summed E-state index contributed by atoms with van der Waals surface area (Å²) in [6.45, 7) is 2.77. The van der Waals surface area contributed by atoms with Crippen molar-refractivity contribution in [2.24, 2.45) is 11.8 Å². The van der Waals surface area contributed by atoms with Gasteiger partial charge in [0.25, 0.3) is 5.91 Å². The molecular formula is C25H30N4O2S2. The number of thiophene rings is 1. The molecule has 174 valence electrons. The third kappa shape index (κ3) is 5.55. The fourth-order valence-electron chi connectivity index (χ4n) is 4.23. The SMILES string of the molecule is Cc1ccc(NC(=S)NC2CCc3sc(NC(=O)C4CC4)c(C(=O)NCC4CC4)c3C2)cc1. The van der Waals surface area contributed by atoms with Gasteiger partial charge in [-0.2, -0.15) is 0 Å². The van der Waals surface area contributed by atoms with Gasteiger partial charge in [0.05, 0.1) is 5.56 Å². The summed E-state index contributed by atoms with van der Waals surface area (Å²) in [7, 11) is 0. The fourth-order valence-corrected chi connectivity index (χ4v) is 5.76. The summed E-state index contributed by atoms with van der Waals surface area (Å²) in [5.74, 6) is 0.688. The van der Waals surface area contributed by atoms with Crippen molar-refractivity contribution in [3.8, 4) is 0 Å². The van der Waals surface area contributed by atoms with E-state index in [1.807, 2.05) is 24.3 Å². The van der Waals surface area contributed by atoms with E-state index in [0.29, 0.717) is 34.6 Å². The molecule has 3 aliphatic rings. The van der Waals surface area contributed by atoms with Crippen LogP contribution in [0.4, 0.5) is 10.7 Å². The summed E-state index contributed by atoms with van der Waals surface area (Å²) < 4.78 is 0. The topological polar surface area (TPSA) is 82.3 Å². The summed E-state index contributed by atoms with van der Waals surface area (Å²) in [5.41, 5.74) is 3.87. The lowest BCUT2D eigenvalue weighted by molar-refractivity contribution is -0.117. The smallest absolute Gasteiger partial charge is 0.254 e. The zero-order chi connectivity index (χ0) is 22.9. The molecule has 2 aromatic rings. The van der Waals surface area contributed by atoms with Gasteiger partial charge in [0, 0.05) is 29.1 Å². The summed E-state index contributed by atoms with van der Waals surface area (Å²) in [4.78, 5) is 26.9. The van der Waals surface area contributed by atoms with Crippen molar-refractivity contribution in [2.45, 2.75) is 57.9 Å². The third-order valence-corrected chi connectivity index (χ3v) is 7.99. The monoisotopic (exact) mass is 482 g/mol. The Morgan fingerprint density at radius 2 is 1.82 bits per heavy atom. The highest BCUT2D eigenvalue weighted by molar-refractivity contribution is 7.80. The molecule has 3 aliphatic carbocycles. The van der Waals surface area contributed by atoms with Crippen LogP contribution in [0.3, 0.4) is 0 Å². The molecule has 6 nitrogen and oxygen atoms in total. The maximum atomic E-state index is 13.2. The molecule has 1 aromatic heterocycles. The van der Waals surface area contributed by atoms with Crippen LogP contribution in [0, 0.1) is 18.8 Å². The first-order valence-electron chi connectivity index (χ1n) is 11.8. The van der Waals surface area contributed by atoms with Crippen LogP contribution in [-0.4, -0.2) is 29.5 Å². The van der Waals surface area contributed by atoms with E-state index in [-0.39, 0.29) is 23.8 Å². The van der Waals surface area contributed by atoms with Crippen LogP contribution in [0.1, 0.15) is 58.5 Å². The Labute approximate surface area is 203 Å². The first-order chi connectivity index (χ1) is 16.0. The van der Waals surface area contributed by atoms with Crippen LogP contribution in [0.5, 0.6) is 0 Å². The van der Waals surface area contributed by atoms with Crippen LogP contribution < -0.4 is 21.3 Å². The van der Waals surface area contributed by atoms with Gasteiger partial charge >= 0.3 is 0 Å². The zero-order valence-corrected chi connectivity index (χ0v) is 20.5. The summed E-state index contributed by atoms with van der Waals surface area (Å²) in [6.07, 6.45) is 6.77. The van der Waals surface area contributed by atoms with Gasteiger partial charge in [-0.25, -0.2) is 0 Å². The van der Waals surface area contributed by atoms with E-state index in [9.17, 15) is 9.59 Å². The lowest BCUT2D eigenvalue weighted by atomic mass is 9.91. The normalized spacial score (nSPS) is 19.4. The molecule has 1 heterocycles. The largest absolute Gasteiger partial charge is 0.359 e. The first kappa shape index (κ1) is 22.3. The van der Waals surface area contributed by atoms with Crippen LogP contribution in [-0.2, 0) is 17.6 Å². The Morgan fingerprint density at radius 1 is 1.06 bits per heavy atom. The Kier molecular flexibility index (Phi) is 6.38. The van der Waals surface area contributed by atoms with E-state index in [0.717, 1.165) is 36.9 Å². The van der Waals surface area contributed by atoms with E-state index in [1.165, 1.54) is 23.3 Å². The first-order valence-corrected chi connectivity index (χ1v) is 13.1. The van der Waals surface area contributed by atoms with Gasteiger partial charge in [-0.3, -0.25) is 9.59 Å². The molecule has 1 atom stereocenters.